The van der Waals surface area contributed by atoms with E-state index in [9.17, 15) is 9.59 Å². The van der Waals surface area contributed by atoms with Gasteiger partial charge in [0.05, 0.1) is 33.0 Å². The van der Waals surface area contributed by atoms with E-state index in [1.165, 1.54) is 0 Å². The fourth-order valence-corrected chi connectivity index (χ4v) is 1.92. The van der Waals surface area contributed by atoms with Gasteiger partial charge in [-0.05, 0) is 19.8 Å². The number of carbonyl (C=O) groups excluding carboxylic acids is 2. The molecular formula is C18H34O6. The molecule has 142 valence electrons. The average molecular weight is 346 g/mol. The molecule has 0 amide bonds. The molecule has 0 spiro atoms. The largest absolute Gasteiger partial charge is 0.379 e. The van der Waals surface area contributed by atoms with Gasteiger partial charge in [-0.3, -0.25) is 9.59 Å². The Morgan fingerprint density at radius 2 is 1.08 bits per heavy atom. The van der Waals surface area contributed by atoms with Gasteiger partial charge in [0.25, 0.3) is 0 Å². The normalized spacial score (nSPS) is 10.9. The molecule has 0 unspecified atom stereocenters. The maximum absolute atomic E-state index is 11.6. The molecule has 0 aliphatic heterocycles. The molecule has 0 fully saturated rings. The summed E-state index contributed by atoms with van der Waals surface area (Å²) >= 11 is 0. The zero-order valence-corrected chi connectivity index (χ0v) is 15.3. The van der Waals surface area contributed by atoms with E-state index < -0.39 is 0 Å². The first-order valence-corrected chi connectivity index (χ1v) is 9.05. The number of Topliss-reactive ketones (excluding diaryl/α,β-unsaturated/α-hetero) is 2. The molecule has 0 N–H and O–H groups in total. The second-order valence-corrected chi connectivity index (χ2v) is 5.42. The molecule has 0 aromatic carbocycles. The lowest BCUT2D eigenvalue weighted by atomic mass is 10.2. The molecule has 0 aromatic heterocycles. The Morgan fingerprint density at radius 1 is 0.583 bits per heavy atom. The summed E-state index contributed by atoms with van der Waals surface area (Å²) in [6.07, 6.45) is 3.64. The zero-order chi connectivity index (χ0) is 17.9. The minimum atomic E-state index is 0.197. The highest BCUT2D eigenvalue weighted by atomic mass is 16.5. The molecular weight excluding hydrogens is 312 g/mol. The number of ether oxygens (including phenoxy) is 4. The third-order valence-electron chi connectivity index (χ3n) is 3.36. The first kappa shape index (κ1) is 23.2. The Labute approximate surface area is 146 Å². The van der Waals surface area contributed by atoms with Crippen LogP contribution < -0.4 is 0 Å². The average Bonchev–Trinajstić information content (AvgIpc) is 2.59. The van der Waals surface area contributed by atoms with E-state index in [1.807, 2.05) is 13.8 Å². The highest BCUT2D eigenvalue weighted by molar-refractivity contribution is 5.78. The molecule has 0 aliphatic carbocycles. The molecule has 6 heteroatoms. The molecule has 0 aromatic rings. The van der Waals surface area contributed by atoms with Crippen LogP contribution in [-0.4, -0.2) is 64.4 Å². The van der Waals surface area contributed by atoms with Crippen LogP contribution in [-0.2, 0) is 28.5 Å². The monoisotopic (exact) mass is 346 g/mol. The van der Waals surface area contributed by atoms with E-state index in [2.05, 4.69) is 0 Å². The van der Waals surface area contributed by atoms with Crippen molar-refractivity contribution in [2.75, 3.05) is 52.9 Å². The van der Waals surface area contributed by atoms with Crippen molar-refractivity contribution in [3.8, 4) is 0 Å². The highest BCUT2D eigenvalue weighted by Crippen LogP contribution is 1.98. The third-order valence-corrected chi connectivity index (χ3v) is 3.36. The summed E-state index contributed by atoms with van der Waals surface area (Å²) < 4.78 is 21.2. The standard InChI is InChI=1S/C18H34O6/c1-3-17(19)7-5-10-23-15-16-24-12-9-18(20)8-6-11-22-14-13-21-4-2/h3-16H2,1-2H3. The Bertz CT molecular complexity index is 306. The van der Waals surface area contributed by atoms with Gasteiger partial charge in [0, 0.05) is 45.5 Å². The topological polar surface area (TPSA) is 71.1 Å². The molecule has 0 rings (SSSR count). The molecule has 0 radical (unpaired) electrons. The second-order valence-electron chi connectivity index (χ2n) is 5.42. The quantitative estimate of drug-likeness (QED) is 0.335. The summed E-state index contributed by atoms with van der Waals surface area (Å²) in [5.41, 5.74) is 0. The maximum atomic E-state index is 11.6. The summed E-state index contributed by atoms with van der Waals surface area (Å²) in [6.45, 7) is 8.29. The first-order valence-electron chi connectivity index (χ1n) is 9.05. The van der Waals surface area contributed by atoms with Crippen molar-refractivity contribution in [2.24, 2.45) is 0 Å². The first-order chi connectivity index (χ1) is 11.7. The van der Waals surface area contributed by atoms with Crippen LogP contribution in [0.15, 0.2) is 0 Å². The Balaban J connectivity index is 3.19. The van der Waals surface area contributed by atoms with Crippen LogP contribution >= 0.6 is 0 Å². The van der Waals surface area contributed by atoms with Crippen molar-refractivity contribution in [2.45, 2.75) is 52.4 Å². The minimum Gasteiger partial charge on any atom is -0.379 e. The van der Waals surface area contributed by atoms with Crippen LogP contribution in [0.3, 0.4) is 0 Å². The summed E-state index contributed by atoms with van der Waals surface area (Å²) in [4.78, 5) is 22.7. The predicted molar refractivity (Wildman–Crippen MR) is 92.3 cm³/mol. The van der Waals surface area contributed by atoms with E-state index in [-0.39, 0.29) is 11.6 Å². The van der Waals surface area contributed by atoms with Crippen molar-refractivity contribution < 1.29 is 28.5 Å². The molecule has 0 saturated carbocycles. The molecule has 0 aliphatic rings. The molecule has 0 bridgehead atoms. The summed E-state index contributed by atoms with van der Waals surface area (Å²) in [5.74, 6) is 0.468. The summed E-state index contributed by atoms with van der Waals surface area (Å²) in [5, 5.41) is 0. The molecule has 0 heterocycles. The van der Waals surface area contributed by atoms with Crippen LogP contribution in [0.5, 0.6) is 0 Å². The molecule has 6 nitrogen and oxygen atoms in total. The molecule has 24 heavy (non-hydrogen) atoms. The van der Waals surface area contributed by atoms with E-state index in [0.717, 1.165) is 12.8 Å². The van der Waals surface area contributed by atoms with Crippen LogP contribution in [0.2, 0.25) is 0 Å². The fourth-order valence-electron chi connectivity index (χ4n) is 1.92. The van der Waals surface area contributed by atoms with Crippen LogP contribution in [0.4, 0.5) is 0 Å². The fraction of sp³-hybridized carbons (Fsp3) is 0.889. The zero-order valence-electron chi connectivity index (χ0n) is 15.3. The van der Waals surface area contributed by atoms with Gasteiger partial charge in [-0.25, -0.2) is 0 Å². The number of hydrogen-bond acceptors (Lipinski definition) is 6. The lowest BCUT2D eigenvalue weighted by Gasteiger charge is -2.06. The minimum absolute atomic E-state index is 0.197. The van der Waals surface area contributed by atoms with Gasteiger partial charge >= 0.3 is 0 Å². The number of hydrogen-bond donors (Lipinski definition) is 0. The SMILES string of the molecule is CCOCCOCCCC(=O)CCOCCOCCCC(=O)CC. The Morgan fingerprint density at radius 3 is 1.62 bits per heavy atom. The summed E-state index contributed by atoms with van der Waals surface area (Å²) in [6, 6.07) is 0. The van der Waals surface area contributed by atoms with Crippen LogP contribution in [0.1, 0.15) is 52.4 Å². The third kappa shape index (κ3) is 17.5. The van der Waals surface area contributed by atoms with E-state index in [0.29, 0.717) is 78.5 Å². The Hall–Kier alpha value is -0.820. The van der Waals surface area contributed by atoms with Gasteiger partial charge in [0.15, 0.2) is 0 Å². The van der Waals surface area contributed by atoms with Crippen molar-refractivity contribution in [3.63, 3.8) is 0 Å². The predicted octanol–water partition coefficient (Wildman–Crippen LogP) is 2.57. The van der Waals surface area contributed by atoms with E-state index in [4.69, 9.17) is 18.9 Å². The van der Waals surface area contributed by atoms with Gasteiger partial charge in [0.1, 0.15) is 11.6 Å². The van der Waals surface area contributed by atoms with Gasteiger partial charge in [-0.15, -0.1) is 0 Å². The van der Waals surface area contributed by atoms with Crippen molar-refractivity contribution in [1.82, 2.24) is 0 Å². The van der Waals surface area contributed by atoms with Gasteiger partial charge in [-0.1, -0.05) is 6.92 Å². The van der Waals surface area contributed by atoms with Crippen LogP contribution in [0.25, 0.3) is 0 Å². The van der Waals surface area contributed by atoms with Gasteiger partial charge < -0.3 is 18.9 Å². The van der Waals surface area contributed by atoms with Crippen LogP contribution in [0, 0.1) is 0 Å². The van der Waals surface area contributed by atoms with Gasteiger partial charge in [0.2, 0.25) is 0 Å². The second kappa shape index (κ2) is 18.5. The number of rotatable bonds is 19. The highest BCUT2D eigenvalue weighted by Gasteiger charge is 2.02. The summed E-state index contributed by atoms with van der Waals surface area (Å²) in [7, 11) is 0. The van der Waals surface area contributed by atoms with Crippen molar-refractivity contribution in [3.05, 3.63) is 0 Å². The number of carbonyl (C=O) groups is 2. The van der Waals surface area contributed by atoms with Crippen molar-refractivity contribution in [1.29, 1.82) is 0 Å². The molecule has 0 atom stereocenters. The Kier molecular flexibility index (Phi) is 17.9. The van der Waals surface area contributed by atoms with Gasteiger partial charge in [-0.2, -0.15) is 0 Å². The van der Waals surface area contributed by atoms with Crippen molar-refractivity contribution >= 4 is 11.6 Å². The molecule has 0 saturated heterocycles. The lowest BCUT2D eigenvalue weighted by molar-refractivity contribution is -0.120. The van der Waals surface area contributed by atoms with E-state index in [1.54, 1.807) is 0 Å². The van der Waals surface area contributed by atoms with E-state index >= 15 is 0 Å². The maximum Gasteiger partial charge on any atom is 0.135 e. The lowest BCUT2D eigenvalue weighted by Crippen LogP contribution is -2.10. The number of ketones is 2. The smallest absolute Gasteiger partial charge is 0.135 e.